The van der Waals surface area contributed by atoms with Crippen LogP contribution in [0.5, 0.6) is 0 Å². The van der Waals surface area contributed by atoms with Crippen molar-refractivity contribution in [2.24, 2.45) is 5.73 Å². The van der Waals surface area contributed by atoms with Crippen molar-refractivity contribution in [2.45, 2.75) is 0 Å². The Morgan fingerprint density at radius 3 is 2.10 bits per heavy atom. The molecule has 0 aliphatic heterocycles. The van der Waals surface area contributed by atoms with Gasteiger partial charge < -0.3 is 10.8 Å². The Balaban J connectivity index is 3.73. The van der Waals surface area contributed by atoms with E-state index in [2.05, 4.69) is 0 Å². The van der Waals surface area contributed by atoms with Crippen molar-refractivity contribution < 1.29 is 14.7 Å². The number of carbonyl (C=O) groups excluding carboxylic acids is 1. The monoisotopic (exact) mass is 141 g/mol. The molecule has 4 nitrogen and oxygen atoms in total. The van der Waals surface area contributed by atoms with Gasteiger partial charge in [0.2, 0.25) is 5.91 Å². The molecule has 0 fully saturated rings. The molecule has 0 aromatic rings. The molecule has 0 spiro atoms. The molecule has 0 saturated heterocycles. The van der Waals surface area contributed by atoms with Gasteiger partial charge in [0, 0.05) is 12.2 Å². The van der Waals surface area contributed by atoms with Gasteiger partial charge in [0.1, 0.15) is 0 Å². The molecular weight excluding hydrogens is 134 g/mol. The summed E-state index contributed by atoms with van der Waals surface area (Å²) in [5.74, 6) is -1.66. The minimum absolute atomic E-state index is 0.602. The van der Waals surface area contributed by atoms with E-state index in [0.717, 1.165) is 12.2 Å². The van der Waals surface area contributed by atoms with E-state index in [9.17, 15) is 9.59 Å². The fourth-order valence-corrected chi connectivity index (χ4v) is 0.288. The fourth-order valence-electron chi connectivity index (χ4n) is 0.288. The molecule has 54 valence electrons. The molecular formula is C6H7NO3. The van der Waals surface area contributed by atoms with E-state index in [1.54, 1.807) is 0 Å². The lowest BCUT2D eigenvalue weighted by molar-refractivity contribution is -0.131. The second-order valence-corrected chi connectivity index (χ2v) is 1.46. The average Bonchev–Trinajstić information content (AvgIpc) is 1.79. The molecule has 0 unspecified atom stereocenters. The summed E-state index contributed by atoms with van der Waals surface area (Å²) in [5.41, 5.74) is 4.70. The number of allylic oxidation sites excluding steroid dienone is 2. The number of hydrogen-bond acceptors (Lipinski definition) is 2. The molecule has 0 atom stereocenters. The standard InChI is InChI=1S/C6H7NO3/c7-5(8)3-1-2-4-6(9)10/h1-4H,(H2,7,8)(H,9,10)/b3-1-,4-2-. The number of carboxylic acids is 1. The zero-order valence-electron chi connectivity index (χ0n) is 5.15. The maximum Gasteiger partial charge on any atom is 0.328 e. The van der Waals surface area contributed by atoms with E-state index in [1.165, 1.54) is 12.2 Å². The van der Waals surface area contributed by atoms with Gasteiger partial charge in [0.15, 0.2) is 0 Å². The van der Waals surface area contributed by atoms with Gasteiger partial charge in [-0.25, -0.2) is 4.79 Å². The lowest BCUT2D eigenvalue weighted by Gasteiger charge is -1.75. The molecule has 4 heteroatoms. The van der Waals surface area contributed by atoms with Crippen LogP contribution in [-0.4, -0.2) is 17.0 Å². The zero-order chi connectivity index (χ0) is 7.98. The van der Waals surface area contributed by atoms with Crippen molar-refractivity contribution in [1.82, 2.24) is 0 Å². The Morgan fingerprint density at radius 1 is 1.20 bits per heavy atom. The lowest BCUT2D eigenvalue weighted by Crippen LogP contribution is -2.04. The molecule has 3 N–H and O–H groups in total. The highest BCUT2D eigenvalue weighted by Crippen LogP contribution is 1.75. The zero-order valence-corrected chi connectivity index (χ0v) is 5.15. The number of amides is 1. The van der Waals surface area contributed by atoms with Crippen LogP contribution in [-0.2, 0) is 9.59 Å². The van der Waals surface area contributed by atoms with E-state index in [1.807, 2.05) is 0 Å². The van der Waals surface area contributed by atoms with Crippen LogP contribution < -0.4 is 5.73 Å². The van der Waals surface area contributed by atoms with Gasteiger partial charge in [-0.05, 0) is 0 Å². The van der Waals surface area contributed by atoms with Crippen LogP contribution in [0.1, 0.15) is 0 Å². The van der Waals surface area contributed by atoms with Crippen LogP contribution in [0.3, 0.4) is 0 Å². The summed E-state index contributed by atoms with van der Waals surface area (Å²) in [6.07, 6.45) is 4.45. The SMILES string of the molecule is NC(=O)/C=C\C=C/C(=O)O. The summed E-state index contributed by atoms with van der Waals surface area (Å²) in [4.78, 5) is 19.8. The van der Waals surface area contributed by atoms with Crippen LogP contribution in [0.15, 0.2) is 24.3 Å². The largest absolute Gasteiger partial charge is 0.478 e. The van der Waals surface area contributed by atoms with E-state index in [-0.39, 0.29) is 0 Å². The molecule has 10 heavy (non-hydrogen) atoms. The Bertz CT molecular complexity index is 171. The van der Waals surface area contributed by atoms with E-state index in [4.69, 9.17) is 10.8 Å². The number of aliphatic carboxylic acids is 1. The van der Waals surface area contributed by atoms with E-state index >= 15 is 0 Å². The first-order valence-corrected chi connectivity index (χ1v) is 2.50. The molecule has 0 aromatic carbocycles. The van der Waals surface area contributed by atoms with Crippen molar-refractivity contribution >= 4 is 11.9 Å². The third-order valence-corrected chi connectivity index (χ3v) is 0.610. The second kappa shape index (κ2) is 4.31. The second-order valence-electron chi connectivity index (χ2n) is 1.46. The van der Waals surface area contributed by atoms with E-state index < -0.39 is 11.9 Å². The van der Waals surface area contributed by atoms with Crippen LogP contribution in [0.4, 0.5) is 0 Å². The van der Waals surface area contributed by atoms with Crippen molar-refractivity contribution in [3.8, 4) is 0 Å². The molecule has 0 rings (SSSR count). The number of rotatable bonds is 3. The van der Waals surface area contributed by atoms with Crippen molar-refractivity contribution in [2.75, 3.05) is 0 Å². The molecule has 0 saturated carbocycles. The first-order chi connectivity index (χ1) is 4.63. The Morgan fingerprint density at radius 2 is 1.70 bits per heavy atom. The predicted octanol–water partition coefficient (Wildman–Crippen LogP) is -0.331. The third-order valence-electron chi connectivity index (χ3n) is 0.610. The molecule has 0 aliphatic rings. The third kappa shape index (κ3) is 6.42. The van der Waals surface area contributed by atoms with Gasteiger partial charge in [0.05, 0.1) is 0 Å². The summed E-state index contributed by atoms with van der Waals surface area (Å²) in [5, 5.41) is 8.04. The number of carboxylic acid groups (broad SMARTS) is 1. The molecule has 0 aliphatic carbocycles. The average molecular weight is 141 g/mol. The van der Waals surface area contributed by atoms with Gasteiger partial charge in [-0.15, -0.1) is 0 Å². The maximum absolute atomic E-state index is 10.00. The minimum atomic E-state index is -1.06. The molecule has 0 bridgehead atoms. The minimum Gasteiger partial charge on any atom is -0.478 e. The molecule has 0 aromatic heterocycles. The number of nitrogens with two attached hydrogens (primary N) is 1. The van der Waals surface area contributed by atoms with Gasteiger partial charge in [-0.1, -0.05) is 12.2 Å². The molecule has 0 heterocycles. The molecule has 0 radical (unpaired) electrons. The van der Waals surface area contributed by atoms with Crippen molar-refractivity contribution in [3.05, 3.63) is 24.3 Å². The van der Waals surface area contributed by atoms with Crippen molar-refractivity contribution in [1.29, 1.82) is 0 Å². The Hall–Kier alpha value is -1.58. The number of primary amides is 1. The van der Waals surface area contributed by atoms with Gasteiger partial charge in [0.25, 0.3) is 0 Å². The first-order valence-electron chi connectivity index (χ1n) is 2.50. The summed E-state index contributed by atoms with van der Waals surface area (Å²) < 4.78 is 0. The van der Waals surface area contributed by atoms with Crippen molar-refractivity contribution in [3.63, 3.8) is 0 Å². The van der Waals surface area contributed by atoms with Crippen LogP contribution in [0, 0.1) is 0 Å². The summed E-state index contributed by atoms with van der Waals surface area (Å²) in [6.45, 7) is 0. The normalized spacial score (nSPS) is 10.8. The lowest BCUT2D eigenvalue weighted by atomic mass is 10.4. The number of hydrogen-bond donors (Lipinski definition) is 2. The summed E-state index contributed by atoms with van der Waals surface area (Å²) >= 11 is 0. The summed E-state index contributed by atoms with van der Waals surface area (Å²) in [7, 11) is 0. The quantitative estimate of drug-likeness (QED) is 0.417. The first kappa shape index (κ1) is 8.42. The van der Waals surface area contributed by atoms with Gasteiger partial charge in [-0.2, -0.15) is 0 Å². The highest BCUT2D eigenvalue weighted by atomic mass is 16.4. The van der Waals surface area contributed by atoms with Crippen LogP contribution in [0.25, 0.3) is 0 Å². The Kier molecular flexibility index (Phi) is 3.63. The van der Waals surface area contributed by atoms with Gasteiger partial charge in [-0.3, -0.25) is 4.79 Å². The summed E-state index contributed by atoms with van der Waals surface area (Å²) in [6, 6.07) is 0. The smallest absolute Gasteiger partial charge is 0.328 e. The van der Waals surface area contributed by atoms with Gasteiger partial charge >= 0.3 is 5.97 Å². The number of carbonyl (C=O) groups is 2. The van der Waals surface area contributed by atoms with E-state index in [0.29, 0.717) is 0 Å². The maximum atomic E-state index is 10.00. The predicted molar refractivity (Wildman–Crippen MR) is 35.1 cm³/mol. The highest BCUT2D eigenvalue weighted by Gasteiger charge is 1.81. The fraction of sp³-hybridized carbons (Fsp3) is 0. The molecule has 1 amide bonds. The topological polar surface area (TPSA) is 80.4 Å². The Labute approximate surface area is 57.6 Å². The van der Waals surface area contributed by atoms with Crippen LogP contribution >= 0.6 is 0 Å². The highest BCUT2D eigenvalue weighted by molar-refractivity contribution is 5.86. The van der Waals surface area contributed by atoms with Crippen LogP contribution in [0.2, 0.25) is 0 Å².